The Bertz CT molecular complexity index is 1350. The molecule has 0 fully saturated rings. The van der Waals surface area contributed by atoms with Gasteiger partial charge < -0.3 is 19.7 Å². The third-order valence-electron chi connectivity index (χ3n) is 6.08. The Hall–Kier alpha value is -4.05. The van der Waals surface area contributed by atoms with E-state index in [0.29, 0.717) is 12.2 Å². The molecular formula is C28H33N3O6S. The summed E-state index contributed by atoms with van der Waals surface area (Å²) < 4.78 is 39.4. The number of likely N-dealkylation sites (N-methyl/N-ethyl adjacent to an activating group) is 1. The van der Waals surface area contributed by atoms with Gasteiger partial charge in [0.2, 0.25) is 11.8 Å². The molecule has 9 nitrogen and oxygen atoms in total. The molecule has 10 heteroatoms. The number of para-hydroxylation sites is 2. The number of anilines is 1. The Morgan fingerprint density at radius 2 is 1.61 bits per heavy atom. The number of sulfonamides is 1. The SMILES string of the molecule is CCC(C(=O)NC)N(Cc1cccc(OC)c1)C(=O)CN(c1ccccc1OC)S(=O)(=O)c1ccccc1. The number of hydrogen-bond donors (Lipinski definition) is 1. The lowest BCUT2D eigenvalue weighted by molar-refractivity contribution is -0.140. The molecular weight excluding hydrogens is 506 g/mol. The number of carbonyl (C=O) groups excluding carboxylic acids is 2. The summed E-state index contributed by atoms with van der Waals surface area (Å²) in [6, 6.07) is 20.8. The Balaban J connectivity index is 2.09. The molecule has 0 aliphatic heterocycles. The predicted molar refractivity (Wildman–Crippen MR) is 146 cm³/mol. The zero-order chi connectivity index (χ0) is 27.7. The van der Waals surface area contributed by atoms with Gasteiger partial charge in [0, 0.05) is 13.6 Å². The van der Waals surface area contributed by atoms with Crippen molar-refractivity contribution in [2.24, 2.45) is 0 Å². The van der Waals surface area contributed by atoms with Gasteiger partial charge in [-0.05, 0) is 48.4 Å². The molecule has 0 saturated heterocycles. The van der Waals surface area contributed by atoms with Gasteiger partial charge in [-0.2, -0.15) is 0 Å². The number of nitrogens with one attached hydrogen (secondary N) is 1. The van der Waals surface area contributed by atoms with Crippen molar-refractivity contribution in [3.63, 3.8) is 0 Å². The Morgan fingerprint density at radius 3 is 2.24 bits per heavy atom. The van der Waals surface area contributed by atoms with E-state index in [9.17, 15) is 18.0 Å². The molecule has 0 saturated carbocycles. The van der Waals surface area contributed by atoms with Gasteiger partial charge in [0.1, 0.15) is 24.1 Å². The highest BCUT2D eigenvalue weighted by molar-refractivity contribution is 7.92. The predicted octanol–water partition coefficient (Wildman–Crippen LogP) is 3.45. The monoisotopic (exact) mass is 539 g/mol. The van der Waals surface area contributed by atoms with Crippen LogP contribution in [0.15, 0.2) is 83.8 Å². The van der Waals surface area contributed by atoms with Crippen LogP contribution in [-0.2, 0) is 26.2 Å². The minimum absolute atomic E-state index is 0.0244. The molecule has 38 heavy (non-hydrogen) atoms. The standard InChI is InChI=1S/C28H33N3O6S/c1-5-24(28(33)29-2)30(19-21-12-11-13-22(18-21)36-3)27(32)20-31(25-16-9-10-17-26(25)37-4)38(34,35)23-14-7-6-8-15-23/h6-18,24H,5,19-20H2,1-4H3,(H,29,33). The van der Waals surface area contributed by atoms with Crippen molar-refractivity contribution in [2.45, 2.75) is 30.8 Å². The van der Waals surface area contributed by atoms with Crippen LogP contribution < -0.4 is 19.1 Å². The van der Waals surface area contributed by atoms with Gasteiger partial charge in [0.05, 0.1) is 24.8 Å². The Morgan fingerprint density at radius 1 is 0.921 bits per heavy atom. The topological polar surface area (TPSA) is 105 Å². The van der Waals surface area contributed by atoms with Crippen molar-refractivity contribution in [1.82, 2.24) is 10.2 Å². The zero-order valence-electron chi connectivity index (χ0n) is 22.0. The van der Waals surface area contributed by atoms with E-state index >= 15 is 0 Å². The van der Waals surface area contributed by atoms with Crippen LogP contribution in [0.5, 0.6) is 11.5 Å². The molecule has 1 N–H and O–H groups in total. The fraction of sp³-hybridized carbons (Fsp3) is 0.286. The summed E-state index contributed by atoms with van der Waals surface area (Å²) in [5.41, 5.74) is 0.941. The lowest BCUT2D eigenvalue weighted by Crippen LogP contribution is -2.51. The van der Waals surface area contributed by atoms with E-state index in [1.165, 1.54) is 31.2 Å². The number of rotatable bonds is 12. The summed E-state index contributed by atoms with van der Waals surface area (Å²) in [5, 5.41) is 2.61. The van der Waals surface area contributed by atoms with Crippen molar-refractivity contribution >= 4 is 27.5 Å². The molecule has 202 valence electrons. The van der Waals surface area contributed by atoms with Crippen molar-refractivity contribution in [3.8, 4) is 11.5 Å². The summed E-state index contributed by atoms with van der Waals surface area (Å²) in [5.74, 6) is -0.00474. The first kappa shape index (κ1) is 28.5. The van der Waals surface area contributed by atoms with E-state index in [2.05, 4.69) is 5.32 Å². The van der Waals surface area contributed by atoms with E-state index in [0.717, 1.165) is 9.87 Å². The van der Waals surface area contributed by atoms with Gasteiger partial charge in [-0.15, -0.1) is 0 Å². The average molecular weight is 540 g/mol. The van der Waals surface area contributed by atoms with Crippen LogP contribution in [0.3, 0.4) is 0 Å². The second-order valence-corrected chi connectivity index (χ2v) is 10.3. The first-order valence-corrected chi connectivity index (χ1v) is 13.6. The lowest BCUT2D eigenvalue weighted by Gasteiger charge is -2.33. The molecule has 3 aromatic rings. The highest BCUT2D eigenvalue weighted by Gasteiger charge is 2.34. The highest BCUT2D eigenvalue weighted by atomic mass is 32.2. The van der Waals surface area contributed by atoms with Gasteiger partial charge in [0.25, 0.3) is 10.0 Å². The second kappa shape index (κ2) is 13.0. The molecule has 1 atom stereocenters. The summed E-state index contributed by atoms with van der Waals surface area (Å²) in [7, 11) is 0.303. The summed E-state index contributed by atoms with van der Waals surface area (Å²) in [4.78, 5) is 28.2. The highest BCUT2D eigenvalue weighted by Crippen LogP contribution is 2.32. The smallest absolute Gasteiger partial charge is 0.264 e. The number of hydrogen-bond acceptors (Lipinski definition) is 6. The van der Waals surface area contributed by atoms with Gasteiger partial charge in [-0.3, -0.25) is 13.9 Å². The number of nitrogens with zero attached hydrogens (tertiary/aromatic N) is 2. The molecule has 1 unspecified atom stereocenters. The third kappa shape index (κ3) is 6.44. The number of carbonyl (C=O) groups is 2. The number of benzene rings is 3. The van der Waals surface area contributed by atoms with E-state index in [-0.39, 0.29) is 28.8 Å². The maximum atomic E-state index is 14.0. The van der Waals surface area contributed by atoms with Crippen LogP contribution >= 0.6 is 0 Å². The van der Waals surface area contributed by atoms with E-state index in [4.69, 9.17) is 9.47 Å². The molecule has 3 rings (SSSR count). The minimum Gasteiger partial charge on any atom is -0.497 e. The van der Waals surface area contributed by atoms with Crippen LogP contribution in [-0.4, -0.2) is 59.0 Å². The molecule has 0 aliphatic carbocycles. The molecule has 0 bridgehead atoms. The lowest BCUT2D eigenvalue weighted by atomic mass is 10.1. The van der Waals surface area contributed by atoms with Gasteiger partial charge >= 0.3 is 0 Å². The van der Waals surface area contributed by atoms with Gasteiger partial charge in [-0.1, -0.05) is 49.4 Å². The van der Waals surface area contributed by atoms with Crippen molar-refractivity contribution in [1.29, 1.82) is 0 Å². The molecule has 0 aromatic heterocycles. The van der Waals surface area contributed by atoms with E-state index in [1.54, 1.807) is 74.7 Å². The molecule has 0 aliphatic rings. The molecule has 0 heterocycles. The Labute approximate surface area is 224 Å². The summed E-state index contributed by atoms with van der Waals surface area (Å²) in [6.45, 7) is 1.33. The third-order valence-corrected chi connectivity index (χ3v) is 7.86. The van der Waals surface area contributed by atoms with Crippen LogP contribution in [0.4, 0.5) is 5.69 Å². The van der Waals surface area contributed by atoms with Crippen molar-refractivity contribution < 1.29 is 27.5 Å². The Kier molecular flexibility index (Phi) is 9.72. The van der Waals surface area contributed by atoms with Crippen molar-refractivity contribution in [3.05, 3.63) is 84.4 Å². The van der Waals surface area contributed by atoms with E-state index in [1.807, 2.05) is 6.07 Å². The fourth-order valence-corrected chi connectivity index (χ4v) is 5.57. The number of ether oxygens (including phenoxy) is 2. The quantitative estimate of drug-likeness (QED) is 0.378. The first-order valence-electron chi connectivity index (χ1n) is 12.1. The second-order valence-electron chi connectivity index (χ2n) is 8.41. The number of amides is 2. The van der Waals surface area contributed by atoms with E-state index < -0.39 is 28.5 Å². The van der Waals surface area contributed by atoms with Crippen LogP contribution in [0.2, 0.25) is 0 Å². The maximum Gasteiger partial charge on any atom is 0.264 e. The van der Waals surface area contributed by atoms with Crippen LogP contribution in [0, 0.1) is 0 Å². The molecule has 0 spiro atoms. The number of methoxy groups -OCH3 is 2. The molecule has 0 radical (unpaired) electrons. The first-order chi connectivity index (χ1) is 18.3. The maximum absolute atomic E-state index is 14.0. The summed E-state index contributed by atoms with van der Waals surface area (Å²) >= 11 is 0. The fourth-order valence-electron chi connectivity index (χ4n) is 4.12. The molecule has 2 amide bonds. The van der Waals surface area contributed by atoms with Gasteiger partial charge in [-0.25, -0.2) is 8.42 Å². The van der Waals surface area contributed by atoms with Crippen LogP contribution in [0.25, 0.3) is 0 Å². The van der Waals surface area contributed by atoms with Crippen LogP contribution in [0.1, 0.15) is 18.9 Å². The van der Waals surface area contributed by atoms with Gasteiger partial charge in [0.15, 0.2) is 0 Å². The molecule has 3 aromatic carbocycles. The normalized spacial score (nSPS) is 11.8. The summed E-state index contributed by atoms with van der Waals surface area (Å²) in [6.07, 6.45) is 0.329. The largest absolute Gasteiger partial charge is 0.497 e. The van der Waals surface area contributed by atoms with Crippen molar-refractivity contribution in [2.75, 3.05) is 32.1 Å². The average Bonchev–Trinajstić information content (AvgIpc) is 2.95. The zero-order valence-corrected chi connectivity index (χ0v) is 22.8. The minimum atomic E-state index is -4.17.